The third-order valence-corrected chi connectivity index (χ3v) is 13.8. The summed E-state index contributed by atoms with van der Waals surface area (Å²) in [6.45, 7) is 17.8. The van der Waals surface area contributed by atoms with Crippen LogP contribution in [0.1, 0.15) is 113 Å². The summed E-state index contributed by atoms with van der Waals surface area (Å²) >= 11 is 5.32. The number of aliphatic carboxylic acids is 1. The highest BCUT2D eigenvalue weighted by molar-refractivity contribution is 7.80. The minimum Gasteiger partial charge on any atom is -0.484 e. The van der Waals surface area contributed by atoms with Gasteiger partial charge in [0.05, 0.1) is 5.41 Å². The van der Waals surface area contributed by atoms with E-state index in [0.717, 1.165) is 44.9 Å². The van der Waals surface area contributed by atoms with Gasteiger partial charge in [0.2, 0.25) is 0 Å². The van der Waals surface area contributed by atoms with Crippen molar-refractivity contribution in [3.8, 4) is 0 Å². The Morgan fingerprint density at radius 3 is 2.16 bits per heavy atom. The molecule has 0 aromatic carbocycles. The van der Waals surface area contributed by atoms with Crippen molar-refractivity contribution in [1.82, 2.24) is 0 Å². The van der Waals surface area contributed by atoms with Gasteiger partial charge in [-0.3, -0.25) is 9.59 Å². The standard InChI is InChI=1S/C32H50O5S/c1-18(38)37-21-10-11-29(6)20(28(21,4)5)9-12-31(8)25(29)24(34)23(33)22-19-17-27(2,3)13-15-32(19,26(35)36)16-14-30(22,31)7/h19-23,25,33H,9-17H2,1-8H3,(H,35,36)/t19?,20?,21-,22?,23?,25?,29-,30+,31+,32-/m0/s1. The number of hydrogen-bond acceptors (Lipinski definition) is 5. The van der Waals surface area contributed by atoms with Crippen molar-refractivity contribution in [3.63, 3.8) is 0 Å². The second-order valence-electron chi connectivity index (χ2n) is 16.1. The third kappa shape index (κ3) is 3.53. The average Bonchev–Trinajstić information content (AvgIpc) is 2.78. The van der Waals surface area contributed by atoms with E-state index >= 15 is 0 Å². The Kier molecular flexibility index (Phi) is 6.38. The number of thiocarbonyl (C=S) groups is 1. The van der Waals surface area contributed by atoms with Gasteiger partial charge in [0.1, 0.15) is 12.2 Å². The lowest BCUT2D eigenvalue weighted by Gasteiger charge is -2.73. The number of rotatable bonds is 2. The number of ketones is 1. The van der Waals surface area contributed by atoms with Crippen LogP contribution < -0.4 is 0 Å². The molecule has 0 radical (unpaired) electrons. The van der Waals surface area contributed by atoms with Gasteiger partial charge in [-0.1, -0.05) is 48.5 Å². The SMILES string of the molecule is CC(=S)O[C@H]1CC[C@@]2(C)C(CC[C@]3(C)C2C(=O)C(O)C2C4CC(C)(C)CC[C@]4(C(=O)O)CC[C@]23C)C1(C)C. The Balaban J connectivity index is 1.59. The van der Waals surface area contributed by atoms with Gasteiger partial charge in [0, 0.05) is 24.2 Å². The third-order valence-electron chi connectivity index (χ3n) is 13.7. The van der Waals surface area contributed by atoms with E-state index in [0.29, 0.717) is 17.9 Å². The maximum atomic E-state index is 14.6. The smallest absolute Gasteiger partial charge is 0.309 e. The molecule has 5 saturated carbocycles. The van der Waals surface area contributed by atoms with Crippen LogP contribution in [0.15, 0.2) is 0 Å². The first kappa shape index (κ1) is 28.5. The van der Waals surface area contributed by atoms with Crippen LogP contribution in [0.5, 0.6) is 0 Å². The molecule has 38 heavy (non-hydrogen) atoms. The molecule has 5 rings (SSSR count). The molecule has 5 aliphatic carbocycles. The highest BCUT2D eigenvalue weighted by Gasteiger charge is 2.75. The Hall–Kier alpha value is -1.01. The molecule has 0 spiro atoms. The number of carbonyl (C=O) groups is 2. The van der Waals surface area contributed by atoms with Gasteiger partial charge < -0.3 is 14.9 Å². The summed E-state index contributed by atoms with van der Waals surface area (Å²) in [6.07, 6.45) is 6.28. The summed E-state index contributed by atoms with van der Waals surface area (Å²) in [4.78, 5) is 27.4. The molecular weight excluding hydrogens is 496 g/mol. The molecule has 2 N–H and O–H groups in total. The van der Waals surface area contributed by atoms with Crippen molar-refractivity contribution in [2.75, 3.05) is 0 Å². The highest BCUT2D eigenvalue weighted by Crippen LogP contribution is 2.76. The van der Waals surface area contributed by atoms with Crippen LogP contribution in [-0.4, -0.2) is 39.2 Å². The zero-order valence-corrected chi connectivity index (χ0v) is 25.7. The number of hydrogen-bond donors (Lipinski definition) is 2. The maximum absolute atomic E-state index is 14.6. The predicted molar refractivity (Wildman–Crippen MR) is 152 cm³/mol. The summed E-state index contributed by atoms with van der Waals surface area (Å²) in [5.41, 5.74) is -1.79. The number of fused-ring (bicyclic) bond motifs is 7. The van der Waals surface area contributed by atoms with Crippen molar-refractivity contribution in [2.24, 2.45) is 56.2 Å². The van der Waals surface area contributed by atoms with Crippen molar-refractivity contribution >= 4 is 29.0 Å². The van der Waals surface area contributed by atoms with Gasteiger partial charge in [-0.05, 0) is 104 Å². The predicted octanol–water partition coefficient (Wildman–Crippen LogP) is 6.83. The molecule has 10 atom stereocenters. The quantitative estimate of drug-likeness (QED) is 0.369. The van der Waals surface area contributed by atoms with Gasteiger partial charge in [0.15, 0.2) is 10.8 Å². The van der Waals surface area contributed by atoms with Crippen LogP contribution in [0.3, 0.4) is 0 Å². The first-order valence-electron chi connectivity index (χ1n) is 15.0. The summed E-state index contributed by atoms with van der Waals surface area (Å²) in [5.74, 6) is -1.20. The molecule has 0 bridgehead atoms. The molecule has 5 aliphatic rings. The normalized spacial score (nSPS) is 51.0. The molecule has 214 valence electrons. The zero-order chi connectivity index (χ0) is 28.3. The van der Waals surface area contributed by atoms with E-state index < -0.39 is 17.5 Å². The van der Waals surface area contributed by atoms with E-state index in [1.54, 1.807) is 0 Å². The Morgan fingerprint density at radius 2 is 1.55 bits per heavy atom. The molecule has 0 saturated heterocycles. The maximum Gasteiger partial charge on any atom is 0.309 e. The van der Waals surface area contributed by atoms with Crippen LogP contribution in [0, 0.1) is 56.2 Å². The van der Waals surface area contributed by atoms with Crippen LogP contribution in [0.4, 0.5) is 0 Å². The molecular formula is C32H50O5S. The molecule has 0 amide bonds. The second-order valence-corrected chi connectivity index (χ2v) is 16.7. The summed E-state index contributed by atoms with van der Waals surface area (Å²) in [6, 6.07) is 0. The number of carboxylic acid groups (broad SMARTS) is 1. The van der Waals surface area contributed by atoms with Crippen molar-refractivity contribution in [3.05, 3.63) is 0 Å². The fraction of sp³-hybridized carbons (Fsp3) is 0.906. The monoisotopic (exact) mass is 546 g/mol. The zero-order valence-electron chi connectivity index (χ0n) is 24.9. The lowest BCUT2D eigenvalue weighted by molar-refractivity contribution is -0.262. The number of aliphatic hydroxyl groups is 1. The minimum atomic E-state index is -1.10. The van der Waals surface area contributed by atoms with Crippen molar-refractivity contribution < 1.29 is 24.5 Å². The average molecular weight is 547 g/mol. The van der Waals surface area contributed by atoms with Gasteiger partial charge in [0.25, 0.3) is 0 Å². The van der Waals surface area contributed by atoms with Crippen LogP contribution >= 0.6 is 12.2 Å². The highest BCUT2D eigenvalue weighted by atomic mass is 32.1. The fourth-order valence-electron chi connectivity index (χ4n) is 11.6. The molecule has 6 heteroatoms. The van der Waals surface area contributed by atoms with E-state index in [-0.39, 0.29) is 62.6 Å². The van der Waals surface area contributed by atoms with E-state index in [1.807, 2.05) is 6.92 Å². The van der Waals surface area contributed by atoms with Crippen molar-refractivity contribution in [1.29, 1.82) is 0 Å². The lowest BCUT2D eigenvalue weighted by atomic mass is 9.30. The summed E-state index contributed by atoms with van der Waals surface area (Å²) in [5, 5.41) is 23.2. The molecule has 0 aliphatic heterocycles. The number of aliphatic hydroxyl groups excluding tert-OH is 1. The van der Waals surface area contributed by atoms with Gasteiger partial charge in [-0.15, -0.1) is 0 Å². The Morgan fingerprint density at radius 1 is 0.921 bits per heavy atom. The molecule has 0 aromatic heterocycles. The van der Waals surface area contributed by atoms with Crippen LogP contribution in [0.25, 0.3) is 0 Å². The number of carboxylic acids is 1. The lowest BCUT2D eigenvalue weighted by Crippen LogP contribution is -2.73. The first-order valence-corrected chi connectivity index (χ1v) is 15.4. The van der Waals surface area contributed by atoms with Gasteiger partial charge in [-0.25, -0.2) is 0 Å². The minimum absolute atomic E-state index is 0.00822. The molecule has 5 nitrogen and oxygen atoms in total. The van der Waals surface area contributed by atoms with E-state index in [4.69, 9.17) is 17.0 Å². The van der Waals surface area contributed by atoms with Gasteiger partial charge >= 0.3 is 5.97 Å². The molecule has 5 fully saturated rings. The summed E-state index contributed by atoms with van der Waals surface area (Å²) < 4.78 is 6.17. The second kappa shape index (κ2) is 8.50. The van der Waals surface area contributed by atoms with Crippen LogP contribution in [0.2, 0.25) is 0 Å². The fourth-order valence-corrected chi connectivity index (χ4v) is 11.7. The first-order chi connectivity index (χ1) is 17.4. The summed E-state index contributed by atoms with van der Waals surface area (Å²) in [7, 11) is 0. The molecule has 5 unspecified atom stereocenters. The van der Waals surface area contributed by atoms with E-state index in [1.165, 1.54) is 0 Å². The molecule has 0 heterocycles. The van der Waals surface area contributed by atoms with E-state index in [9.17, 15) is 19.8 Å². The van der Waals surface area contributed by atoms with Gasteiger partial charge in [-0.2, -0.15) is 0 Å². The number of ether oxygens (including phenoxy) is 1. The largest absolute Gasteiger partial charge is 0.484 e. The van der Waals surface area contributed by atoms with E-state index in [2.05, 4.69) is 48.5 Å². The number of carbonyl (C=O) groups excluding carboxylic acids is 1. The van der Waals surface area contributed by atoms with Crippen molar-refractivity contribution in [2.45, 2.75) is 125 Å². The number of Topliss-reactive ketones (excluding diaryl/α,β-unsaturated/α-hetero) is 1. The van der Waals surface area contributed by atoms with Crippen LogP contribution in [-0.2, 0) is 14.3 Å². The Labute approximate surface area is 234 Å². The topological polar surface area (TPSA) is 83.8 Å². The molecule has 0 aromatic rings. The Bertz CT molecular complexity index is 1050.